The van der Waals surface area contributed by atoms with Crippen molar-refractivity contribution < 1.29 is 10.0 Å². The molecule has 18 heavy (non-hydrogen) atoms. The molecule has 0 unspecified atom stereocenters. The van der Waals surface area contributed by atoms with Gasteiger partial charge in [-0.05, 0) is 12.1 Å². The minimum atomic E-state index is -0.503. The van der Waals surface area contributed by atoms with Crippen molar-refractivity contribution in [3.05, 3.63) is 51.1 Å². The van der Waals surface area contributed by atoms with Crippen LogP contribution in [-0.2, 0) is 13.2 Å². The monoisotopic (exact) mass is 268 g/mol. The molecule has 0 amide bonds. The van der Waals surface area contributed by atoms with Crippen LogP contribution in [0.2, 0.25) is 5.02 Å². The molecule has 0 fully saturated rings. The van der Waals surface area contributed by atoms with Crippen molar-refractivity contribution in [1.29, 1.82) is 0 Å². The molecule has 0 aliphatic rings. The van der Waals surface area contributed by atoms with Crippen LogP contribution < -0.4 is 0 Å². The van der Waals surface area contributed by atoms with Crippen LogP contribution in [0.5, 0.6) is 0 Å². The second-order valence-corrected chi connectivity index (χ2v) is 3.96. The number of aliphatic hydroxyl groups is 1. The minimum absolute atomic E-state index is 0.0816. The van der Waals surface area contributed by atoms with E-state index in [1.807, 2.05) is 0 Å². The fourth-order valence-corrected chi connectivity index (χ4v) is 1.71. The molecule has 1 aromatic carbocycles. The smallest absolute Gasteiger partial charge is 0.275 e. The molecule has 94 valence electrons. The van der Waals surface area contributed by atoms with E-state index in [1.165, 1.54) is 17.1 Å². The zero-order valence-electron chi connectivity index (χ0n) is 9.15. The van der Waals surface area contributed by atoms with Crippen LogP contribution in [0.4, 0.5) is 5.69 Å². The first-order valence-corrected chi connectivity index (χ1v) is 5.40. The van der Waals surface area contributed by atoms with Crippen molar-refractivity contribution in [2.45, 2.75) is 13.2 Å². The second kappa shape index (κ2) is 5.11. The lowest BCUT2D eigenvalue weighted by Crippen LogP contribution is -2.08. The fourth-order valence-electron chi connectivity index (χ4n) is 1.54. The number of hydrogen-bond donors (Lipinski definition) is 1. The van der Waals surface area contributed by atoms with Gasteiger partial charge in [0, 0.05) is 11.1 Å². The average Bonchev–Trinajstić information content (AvgIpc) is 2.78. The maximum absolute atomic E-state index is 10.9. The van der Waals surface area contributed by atoms with Gasteiger partial charge in [-0.15, -0.1) is 0 Å². The highest BCUT2D eigenvalue weighted by Crippen LogP contribution is 2.23. The topological polar surface area (TPSA) is 94.1 Å². The standard InChI is InChI=1S/C10H9ClN4O3/c11-8-2-1-7(9(3-8)15(17)18)4-14-10(5-16)12-6-13-14/h1-3,6,16H,4-5H2. The summed E-state index contributed by atoms with van der Waals surface area (Å²) in [5.74, 6) is 0.347. The van der Waals surface area contributed by atoms with E-state index in [4.69, 9.17) is 16.7 Å². The zero-order valence-corrected chi connectivity index (χ0v) is 9.91. The minimum Gasteiger partial charge on any atom is -0.388 e. The zero-order chi connectivity index (χ0) is 13.1. The molecule has 0 spiro atoms. The number of nitro benzene ring substituents is 1. The van der Waals surface area contributed by atoms with Crippen molar-refractivity contribution in [2.24, 2.45) is 0 Å². The van der Waals surface area contributed by atoms with Crippen LogP contribution in [-0.4, -0.2) is 24.8 Å². The molecule has 0 aliphatic carbocycles. The molecular formula is C10H9ClN4O3. The summed E-state index contributed by atoms with van der Waals surface area (Å²) >= 11 is 5.72. The second-order valence-electron chi connectivity index (χ2n) is 3.52. The Morgan fingerprint density at radius 2 is 2.28 bits per heavy atom. The largest absolute Gasteiger partial charge is 0.388 e. The molecule has 2 rings (SSSR count). The summed E-state index contributed by atoms with van der Waals surface area (Å²) in [6, 6.07) is 4.41. The first kappa shape index (κ1) is 12.5. The van der Waals surface area contributed by atoms with Gasteiger partial charge in [0.15, 0.2) is 5.82 Å². The van der Waals surface area contributed by atoms with Crippen molar-refractivity contribution in [2.75, 3.05) is 0 Å². The third-order valence-electron chi connectivity index (χ3n) is 2.40. The first-order chi connectivity index (χ1) is 8.61. The summed E-state index contributed by atoms with van der Waals surface area (Å²) in [6.45, 7) is -0.120. The molecular weight excluding hydrogens is 260 g/mol. The number of nitro groups is 1. The van der Waals surface area contributed by atoms with Gasteiger partial charge in [0.05, 0.1) is 17.0 Å². The van der Waals surface area contributed by atoms with Crippen LogP contribution in [0, 0.1) is 10.1 Å². The van der Waals surface area contributed by atoms with Gasteiger partial charge in [-0.25, -0.2) is 9.67 Å². The highest BCUT2D eigenvalue weighted by atomic mass is 35.5. The maximum atomic E-state index is 10.9. The van der Waals surface area contributed by atoms with E-state index in [1.54, 1.807) is 12.1 Å². The Morgan fingerprint density at radius 3 is 2.94 bits per heavy atom. The third-order valence-corrected chi connectivity index (χ3v) is 2.64. The van der Waals surface area contributed by atoms with E-state index < -0.39 is 4.92 Å². The molecule has 0 radical (unpaired) electrons. The van der Waals surface area contributed by atoms with Gasteiger partial charge in [-0.3, -0.25) is 10.1 Å². The number of nitrogens with zero attached hydrogens (tertiary/aromatic N) is 4. The highest BCUT2D eigenvalue weighted by molar-refractivity contribution is 6.30. The average molecular weight is 269 g/mol. The van der Waals surface area contributed by atoms with Crippen molar-refractivity contribution in [3.63, 3.8) is 0 Å². The molecule has 0 bridgehead atoms. The van der Waals surface area contributed by atoms with Gasteiger partial charge >= 0.3 is 0 Å². The number of aromatic nitrogens is 3. The summed E-state index contributed by atoms with van der Waals surface area (Å²) in [5.41, 5.74) is 0.367. The van der Waals surface area contributed by atoms with E-state index in [2.05, 4.69) is 10.1 Å². The Morgan fingerprint density at radius 1 is 1.50 bits per heavy atom. The summed E-state index contributed by atoms with van der Waals surface area (Å²) in [4.78, 5) is 14.2. The summed E-state index contributed by atoms with van der Waals surface area (Å²) < 4.78 is 1.40. The van der Waals surface area contributed by atoms with Crippen LogP contribution in [0.3, 0.4) is 0 Å². The van der Waals surface area contributed by atoms with E-state index >= 15 is 0 Å². The first-order valence-electron chi connectivity index (χ1n) is 5.02. The van der Waals surface area contributed by atoms with Gasteiger partial charge in [-0.1, -0.05) is 11.6 Å². The Hall–Kier alpha value is -1.99. The van der Waals surface area contributed by atoms with Gasteiger partial charge in [0.1, 0.15) is 12.9 Å². The normalized spacial score (nSPS) is 10.6. The lowest BCUT2D eigenvalue weighted by molar-refractivity contribution is -0.385. The number of halogens is 1. The quantitative estimate of drug-likeness (QED) is 0.668. The molecule has 2 aromatic rings. The number of aliphatic hydroxyl groups excluding tert-OH is 1. The molecule has 0 saturated heterocycles. The molecule has 0 atom stereocenters. The molecule has 7 nitrogen and oxygen atoms in total. The lowest BCUT2D eigenvalue weighted by atomic mass is 10.2. The lowest BCUT2D eigenvalue weighted by Gasteiger charge is -2.05. The van der Waals surface area contributed by atoms with E-state index in [9.17, 15) is 10.1 Å². The molecule has 1 aromatic heterocycles. The van der Waals surface area contributed by atoms with Crippen molar-refractivity contribution in [3.8, 4) is 0 Å². The van der Waals surface area contributed by atoms with Gasteiger partial charge in [-0.2, -0.15) is 5.10 Å². The number of benzene rings is 1. The highest BCUT2D eigenvalue weighted by Gasteiger charge is 2.16. The number of hydrogen-bond acceptors (Lipinski definition) is 5. The maximum Gasteiger partial charge on any atom is 0.275 e. The van der Waals surface area contributed by atoms with Crippen LogP contribution in [0.15, 0.2) is 24.5 Å². The van der Waals surface area contributed by atoms with E-state index in [-0.39, 0.29) is 18.8 Å². The van der Waals surface area contributed by atoms with Crippen molar-refractivity contribution in [1.82, 2.24) is 14.8 Å². The van der Waals surface area contributed by atoms with Gasteiger partial charge in [0.2, 0.25) is 0 Å². The van der Waals surface area contributed by atoms with Gasteiger partial charge in [0.25, 0.3) is 5.69 Å². The van der Waals surface area contributed by atoms with Gasteiger partial charge < -0.3 is 5.11 Å². The predicted molar refractivity (Wildman–Crippen MR) is 63.2 cm³/mol. The fraction of sp³-hybridized carbons (Fsp3) is 0.200. The Bertz CT molecular complexity index is 584. The van der Waals surface area contributed by atoms with E-state index in [0.717, 1.165) is 0 Å². The van der Waals surface area contributed by atoms with Crippen LogP contribution in [0.1, 0.15) is 11.4 Å². The van der Waals surface area contributed by atoms with Crippen LogP contribution in [0.25, 0.3) is 0 Å². The Kier molecular flexibility index (Phi) is 3.54. The Balaban J connectivity index is 2.37. The third kappa shape index (κ3) is 2.47. The molecule has 1 N–H and O–H groups in total. The molecule has 1 heterocycles. The molecule has 0 aliphatic heterocycles. The van der Waals surface area contributed by atoms with E-state index in [0.29, 0.717) is 16.4 Å². The summed E-state index contributed by atoms with van der Waals surface area (Å²) in [6.07, 6.45) is 1.29. The summed E-state index contributed by atoms with van der Waals surface area (Å²) in [7, 11) is 0. The Labute approximate surface area is 107 Å². The molecule has 8 heteroatoms. The molecule has 0 saturated carbocycles. The summed E-state index contributed by atoms with van der Waals surface area (Å²) in [5, 5.41) is 24.1. The van der Waals surface area contributed by atoms with Crippen molar-refractivity contribution >= 4 is 17.3 Å². The predicted octanol–water partition coefficient (Wildman–Crippen LogP) is 1.38. The van der Waals surface area contributed by atoms with Crippen LogP contribution >= 0.6 is 11.6 Å². The number of rotatable bonds is 4. The SMILES string of the molecule is O=[N+]([O-])c1cc(Cl)ccc1Cn1ncnc1CO.